The summed E-state index contributed by atoms with van der Waals surface area (Å²) in [5, 5.41) is 11.1. The number of aryl methyl sites for hydroxylation is 3. The van der Waals surface area contributed by atoms with Gasteiger partial charge in [0.15, 0.2) is 0 Å². The molecule has 9 heteroatoms. The molecule has 4 rings (SSSR count). The Morgan fingerprint density at radius 2 is 1.97 bits per heavy atom. The summed E-state index contributed by atoms with van der Waals surface area (Å²) in [5.41, 5.74) is 0.654. The first-order valence-corrected chi connectivity index (χ1v) is 10.2. The predicted octanol–water partition coefficient (Wildman–Crippen LogP) is 2.94. The molecule has 0 aliphatic carbocycles. The molecule has 0 spiro atoms. The maximum absolute atomic E-state index is 14.8. The van der Waals surface area contributed by atoms with Crippen LogP contribution < -0.4 is 0 Å². The summed E-state index contributed by atoms with van der Waals surface area (Å²) < 4.78 is 16.6. The number of likely N-dealkylation sites (tertiary alicyclic amines) is 1. The van der Waals surface area contributed by atoms with Crippen LogP contribution in [-0.2, 0) is 16.1 Å². The summed E-state index contributed by atoms with van der Waals surface area (Å²) in [7, 11) is 0. The van der Waals surface area contributed by atoms with Crippen LogP contribution in [0, 0.1) is 19.7 Å². The summed E-state index contributed by atoms with van der Waals surface area (Å²) in [5.74, 6) is -2.12. The Hall–Kier alpha value is -3.88. The quantitative estimate of drug-likeness (QED) is 0.363. The maximum Gasteiger partial charge on any atom is 0.295 e. The molecule has 1 fully saturated rings. The van der Waals surface area contributed by atoms with Crippen LogP contribution in [0.4, 0.5) is 4.39 Å². The molecule has 0 saturated carbocycles. The second-order valence-corrected chi connectivity index (χ2v) is 7.58. The molecule has 3 heterocycles. The highest BCUT2D eigenvalue weighted by Gasteiger charge is 2.46. The van der Waals surface area contributed by atoms with Gasteiger partial charge in [-0.1, -0.05) is 18.2 Å². The molecular weight excluding hydrogens is 413 g/mol. The van der Waals surface area contributed by atoms with Crippen LogP contribution in [0.1, 0.15) is 35.1 Å². The second-order valence-electron chi connectivity index (χ2n) is 7.58. The third-order valence-electron chi connectivity index (χ3n) is 5.47. The smallest absolute Gasteiger partial charge is 0.295 e. The minimum absolute atomic E-state index is 0.140. The summed E-state index contributed by atoms with van der Waals surface area (Å²) in [6.45, 7) is 4.14. The van der Waals surface area contributed by atoms with Crippen molar-refractivity contribution in [3.05, 3.63) is 83.2 Å². The van der Waals surface area contributed by atoms with Crippen molar-refractivity contribution in [1.82, 2.24) is 24.4 Å². The van der Waals surface area contributed by atoms with Crippen molar-refractivity contribution in [2.75, 3.05) is 6.54 Å². The van der Waals surface area contributed by atoms with E-state index in [-0.39, 0.29) is 23.2 Å². The second kappa shape index (κ2) is 8.70. The molecule has 1 aliphatic heterocycles. The van der Waals surface area contributed by atoms with Gasteiger partial charge in [0.25, 0.3) is 11.7 Å². The maximum atomic E-state index is 14.8. The van der Waals surface area contributed by atoms with Crippen LogP contribution in [0.3, 0.4) is 0 Å². The average molecular weight is 435 g/mol. The van der Waals surface area contributed by atoms with Crippen molar-refractivity contribution < 1.29 is 19.1 Å². The molecule has 1 saturated heterocycles. The highest BCUT2D eigenvalue weighted by Crippen LogP contribution is 2.40. The molecule has 1 aliphatic rings. The molecular formula is C23H22FN5O3. The fraction of sp³-hybridized carbons (Fsp3) is 0.261. The Morgan fingerprint density at radius 3 is 2.66 bits per heavy atom. The number of aromatic nitrogens is 4. The van der Waals surface area contributed by atoms with Crippen molar-refractivity contribution in [1.29, 1.82) is 0 Å². The van der Waals surface area contributed by atoms with Crippen molar-refractivity contribution in [2.45, 2.75) is 32.9 Å². The number of nitrogens with zero attached hydrogens (tertiary/aromatic N) is 5. The van der Waals surface area contributed by atoms with Gasteiger partial charge in [0, 0.05) is 37.2 Å². The summed E-state index contributed by atoms with van der Waals surface area (Å²) >= 11 is 0. The zero-order valence-electron chi connectivity index (χ0n) is 17.7. The highest BCUT2D eigenvalue weighted by molar-refractivity contribution is 6.46. The van der Waals surface area contributed by atoms with E-state index in [4.69, 9.17) is 0 Å². The first kappa shape index (κ1) is 21.4. The van der Waals surface area contributed by atoms with E-state index in [1.54, 1.807) is 38.6 Å². The molecule has 1 amide bonds. The van der Waals surface area contributed by atoms with Crippen molar-refractivity contribution in [3.8, 4) is 0 Å². The number of carbonyl (C=O) groups excluding carboxylic acids is 2. The van der Waals surface area contributed by atoms with Crippen molar-refractivity contribution in [3.63, 3.8) is 0 Å². The third-order valence-corrected chi connectivity index (χ3v) is 5.47. The molecule has 1 unspecified atom stereocenters. The summed E-state index contributed by atoms with van der Waals surface area (Å²) in [6.07, 6.45) is 7.02. The largest absolute Gasteiger partial charge is 0.507 e. The fourth-order valence-electron chi connectivity index (χ4n) is 3.93. The van der Waals surface area contributed by atoms with Gasteiger partial charge in [0.2, 0.25) is 0 Å². The van der Waals surface area contributed by atoms with Crippen LogP contribution in [0.2, 0.25) is 0 Å². The number of imidazole rings is 1. The number of benzene rings is 1. The minimum atomic E-state index is -1.06. The molecule has 1 atom stereocenters. The van der Waals surface area contributed by atoms with E-state index in [0.29, 0.717) is 24.5 Å². The van der Waals surface area contributed by atoms with Crippen LogP contribution in [0.15, 0.2) is 54.8 Å². The van der Waals surface area contributed by atoms with E-state index in [1.807, 2.05) is 4.57 Å². The van der Waals surface area contributed by atoms with Gasteiger partial charge >= 0.3 is 0 Å². The number of hydrogen-bond donors (Lipinski definition) is 1. The average Bonchev–Trinajstić information content (AvgIpc) is 3.36. The Balaban J connectivity index is 1.78. The van der Waals surface area contributed by atoms with Gasteiger partial charge in [0.05, 0.1) is 29.2 Å². The molecule has 3 aromatic rings. The number of amides is 1. The Bertz CT molecular complexity index is 1210. The molecule has 0 bridgehead atoms. The standard InChI is InChI=1S/C23H22FN5O3/c1-14-17(12-26-15(2)27-14)21(30)19-20(16-6-3-4-7-18(16)24)29(23(32)22(19)31)10-5-9-28-11-8-25-13-28/h3-4,6-8,11-13,20,30H,5,9-10H2,1-2H3. The molecule has 0 radical (unpaired) electrons. The number of Topliss-reactive ketones (excluding diaryl/α,β-unsaturated/α-hetero) is 1. The number of ketones is 1. The zero-order chi connectivity index (χ0) is 22.8. The van der Waals surface area contributed by atoms with Crippen LogP contribution in [-0.4, -0.2) is 47.8 Å². The fourth-order valence-corrected chi connectivity index (χ4v) is 3.93. The molecule has 32 heavy (non-hydrogen) atoms. The zero-order valence-corrected chi connectivity index (χ0v) is 17.7. The third kappa shape index (κ3) is 3.89. The number of hydrogen-bond acceptors (Lipinski definition) is 6. The summed E-state index contributed by atoms with van der Waals surface area (Å²) in [6, 6.07) is 4.88. The lowest BCUT2D eigenvalue weighted by Crippen LogP contribution is -2.31. The van der Waals surface area contributed by atoms with Gasteiger partial charge in [0.1, 0.15) is 17.4 Å². The Morgan fingerprint density at radius 1 is 1.19 bits per heavy atom. The van der Waals surface area contributed by atoms with E-state index in [0.717, 1.165) is 0 Å². The van der Waals surface area contributed by atoms with E-state index in [2.05, 4.69) is 15.0 Å². The lowest BCUT2D eigenvalue weighted by Gasteiger charge is -2.25. The Kier molecular flexibility index (Phi) is 5.81. The van der Waals surface area contributed by atoms with Gasteiger partial charge in [-0.2, -0.15) is 0 Å². The Labute approximate surface area is 184 Å². The van der Waals surface area contributed by atoms with Gasteiger partial charge in [-0.3, -0.25) is 9.59 Å². The van der Waals surface area contributed by atoms with E-state index in [1.165, 1.54) is 29.3 Å². The van der Waals surface area contributed by atoms with Crippen LogP contribution in [0.5, 0.6) is 0 Å². The van der Waals surface area contributed by atoms with Crippen molar-refractivity contribution in [2.24, 2.45) is 0 Å². The number of aliphatic hydroxyl groups excluding tert-OH is 1. The molecule has 1 N–H and O–H groups in total. The first-order chi connectivity index (χ1) is 15.4. The molecule has 2 aromatic heterocycles. The van der Waals surface area contributed by atoms with Crippen molar-refractivity contribution >= 4 is 17.4 Å². The minimum Gasteiger partial charge on any atom is -0.507 e. The lowest BCUT2D eigenvalue weighted by atomic mass is 9.95. The number of aliphatic hydroxyl groups is 1. The van der Waals surface area contributed by atoms with Gasteiger partial charge in [-0.25, -0.2) is 19.3 Å². The van der Waals surface area contributed by atoms with E-state index < -0.39 is 29.3 Å². The SMILES string of the molecule is Cc1ncc(C(O)=C2C(=O)C(=O)N(CCCn3ccnc3)C2c2ccccc2F)c(C)n1. The van der Waals surface area contributed by atoms with E-state index in [9.17, 15) is 19.1 Å². The van der Waals surface area contributed by atoms with Gasteiger partial charge in [-0.15, -0.1) is 0 Å². The topological polar surface area (TPSA) is 101 Å². The number of carbonyl (C=O) groups is 2. The molecule has 1 aromatic carbocycles. The van der Waals surface area contributed by atoms with Gasteiger partial charge < -0.3 is 14.6 Å². The predicted molar refractivity (Wildman–Crippen MR) is 114 cm³/mol. The highest BCUT2D eigenvalue weighted by atomic mass is 19.1. The normalized spacial score (nSPS) is 17.8. The first-order valence-electron chi connectivity index (χ1n) is 10.2. The van der Waals surface area contributed by atoms with Crippen LogP contribution in [0.25, 0.3) is 5.76 Å². The van der Waals surface area contributed by atoms with Gasteiger partial charge in [-0.05, 0) is 26.3 Å². The van der Waals surface area contributed by atoms with Crippen LogP contribution >= 0.6 is 0 Å². The molecule has 8 nitrogen and oxygen atoms in total. The monoisotopic (exact) mass is 435 g/mol. The lowest BCUT2D eigenvalue weighted by molar-refractivity contribution is -0.140. The molecule has 164 valence electrons. The van der Waals surface area contributed by atoms with E-state index >= 15 is 0 Å². The summed E-state index contributed by atoms with van der Waals surface area (Å²) in [4.78, 5) is 39.6. The number of rotatable bonds is 6. The number of halogens is 1.